The van der Waals surface area contributed by atoms with Gasteiger partial charge < -0.3 is 15.5 Å². The number of nitrogens with one attached hydrogen (secondary N) is 2. The van der Waals surface area contributed by atoms with Crippen molar-refractivity contribution in [3.8, 4) is 0 Å². The maximum atomic E-state index is 12.8. The molecule has 150 valence electrons. The highest BCUT2D eigenvalue weighted by Crippen LogP contribution is 2.35. The van der Waals surface area contributed by atoms with Crippen molar-refractivity contribution in [2.45, 2.75) is 19.0 Å². The second-order valence-corrected chi connectivity index (χ2v) is 7.32. The topological polar surface area (TPSA) is 57.3 Å². The van der Waals surface area contributed by atoms with Gasteiger partial charge in [-0.25, -0.2) is 9.78 Å². The summed E-state index contributed by atoms with van der Waals surface area (Å²) in [5.74, 6) is -0.679. The van der Waals surface area contributed by atoms with E-state index >= 15 is 0 Å². The van der Waals surface area contributed by atoms with Crippen molar-refractivity contribution in [3.05, 3.63) is 46.6 Å². The number of anilines is 3. The maximum Gasteiger partial charge on any atom is 0.391 e. The quantitative estimate of drug-likeness (QED) is 0.642. The van der Waals surface area contributed by atoms with E-state index in [2.05, 4.69) is 15.6 Å². The third-order valence-electron chi connectivity index (χ3n) is 4.41. The summed E-state index contributed by atoms with van der Waals surface area (Å²) in [7, 11) is 0. The summed E-state index contributed by atoms with van der Waals surface area (Å²) in [5, 5.41) is 6.01. The number of carbonyl (C=O) groups is 1. The molecule has 0 bridgehead atoms. The van der Waals surface area contributed by atoms with Crippen LogP contribution in [-0.4, -0.2) is 30.3 Å². The fraction of sp³-hybridized carbons (Fsp3) is 0.333. The molecule has 3 rings (SSSR count). The standard InChI is InChI=1S/C18H17Cl2F3N4O/c19-12-7-13(20)9-15(8-12)26-17(28)25-14-1-2-16(24-10-14)27-5-3-11(4-6-27)18(21,22)23/h1-2,7-11H,3-6H2,(H2,25,26,28). The zero-order valence-corrected chi connectivity index (χ0v) is 16.1. The maximum absolute atomic E-state index is 12.8. The van der Waals surface area contributed by atoms with Crippen LogP contribution < -0.4 is 15.5 Å². The van der Waals surface area contributed by atoms with E-state index in [1.165, 1.54) is 6.20 Å². The molecule has 2 amide bonds. The number of hydrogen-bond acceptors (Lipinski definition) is 3. The van der Waals surface area contributed by atoms with Crippen molar-refractivity contribution >= 4 is 46.4 Å². The van der Waals surface area contributed by atoms with Crippen LogP contribution in [0.15, 0.2) is 36.5 Å². The van der Waals surface area contributed by atoms with Gasteiger partial charge in [-0.1, -0.05) is 23.2 Å². The van der Waals surface area contributed by atoms with Gasteiger partial charge in [0.25, 0.3) is 0 Å². The monoisotopic (exact) mass is 432 g/mol. The van der Waals surface area contributed by atoms with Crippen molar-refractivity contribution in [1.29, 1.82) is 0 Å². The smallest absolute Gasteiger partial charge is 0.357 e. The second kappa shape index (κ2) is 8.45. The minimum absolute atomic E-state index is 0.0514. The molecule has 0 unspecified atom stereocenters. The number of urea groups is 1. The van der Waals surface area contributed by atoms with Gasteiger partial charge in [0.2, 0.25) is 0 Å². The second-order valence-electron chi connectivity index (χ2n) is 6.45. The lowest BCUT2D eigenvalue weighted by molar-refractivity contribution is -0.179. The molecule has 28 heavy (non-hydrogen) atoms. The van der Waals surface area contributed by atoms with Crippen LogP contribution in [0.25, 0.3) is 0 Å². The Morgan fingerprint density at radius 1 is 1.04 bits per heavy atom. The summed E-state index contributed by atoms with van der Waals surface area (Å²) in [5.41, 5.74) is 0.881. The molecule has 2 heterocycles. The summed E-state index contributed by atoms with van der Waals surface area (Å²) in [6.45, 7) is 0.583. The number of benzene rings is 1. The lowest BCUT2D eigenvalue weighted by atomic mass is 9.96. The molecule has 1 aromatic carbocycles. The molecule has 1 aliphatic rings. The number of aromatic nitrogens is 1. The van der Waals surface area contributed by atoms with E-state index < -0.39 is 18.1 Å². The van der Waals surface area contributed by atoms with Crippen LogP contribution >= 0.6 is 23.2 Å². The first kappa shape index (κ1) is 20.5. The number of hydrogen-bond donors (Lipinski definition) is 2. The van der Waals surface area contributed by atoms with Crippen molar-refractivity contribution in [2.24, 2.45) is 5.92 Å². The predicted molar refractivity (Wildman–Crippen MR) is 104 cm³/mol. The van der Waals surface area contributed by atoms with Crippen LogP contribution in [0.5, 0.6) is 0 Å². The van der Waals surface area contributed by atoms with Crippen LogP contribution in [-0.2, 0) is 0 Å². The molecule has 2 aromatic rings. The summed E-state index contributed by atoms with van der Waals surface area (Å²) < 4.78 is 38.3. The fourth-order valence-corrected chi connectivity index (χ4v) is 3.53. The van der Waals surface area contributed by atoms with Gasteiger partial charge >= 0.3 is 12.2 Å². The number of carbonyl (C=O) groups excluding carboxylic acids is 1. The van der Waals surface area contributed by atoms with E-state index in [9.17, 15) is 18.0 Å². The van der Waals surface area contributed by atoms with Gasteiger partial charge in [0.05, 0.1) is 17.8 Å². The first-order chi connectivity index (χ1) is 13.2. The summed E-state index contributed by atoms with van der Waals surface area (Å²) in [4.78, 5) is 18.1. The highest BCUT2D eigenvalue weighted by molar-refractivity contribution is 6.35. The fourth-order valence-electron chi connectivity index (χ4n) is 3.00. The molecule has 2 N–H and O–H groups in total. The first-order valence-electron chi connectivity index (χ1n) is 8.52. The van der Waals surface area contributed by atoms with Crippen LogP contribution in [0.2, 0.25) is 10.0 Å². The minimum atomic E-state index is -4.14. The number of nitrogens with zero attached hydrogens (tertiary/aromatic N) is 2. The normalized spacial score (nSPS) is 15.4. The van der Waals surface area contributed by atoms with Gasteiger partial charge in [-0.3, -0.25) is 0 Å². The Labute approximate surface area is 169 Å². The molecule has 1 aliphatic heterocycles. The average Bonchev–Trinajstić information content (AvgIpc) is 2.61. The third-order valence-corrected chi connectivity index (χ3v) is 4.84. The van der Waals surface area contributed by atoms with E-state index in [4.69, 9.17) is 23.2 Å². The Balaban J connectivity index is 1.55. The Kier molecular flexibility index (Phi) is 6.20. The molecule has 5 nitrogen and oxygen atoms in total. The number of pyridine rings is 1. The van der Waals surface area contributed by atoms with Gasteiger partial charge in [-0.2, -0.15) is 13.2 Å². The lowest BCUT2D eigenvalue weighted by Crippen LogP contribution is -2.39. The molecule has 0 atom stereocenters. The van der Waals surface area contributed by atoms with Gasteiger partial charge in [-0.05, 0) is 43.2 Å². The zero-order valence-electron chi connectivity index (χ0n) is 14.6. The molecular weight excluding hydrogens is 416 g/mol. The number of piperidine rings is 1. The largest absolute Gasteiger partial charge is 0.391 e. The highest BCUT2D eigenvalue weighted by atomic mass is 35.5. The summed E-state index contributed by atoms with van der Waals surface area (Å²) >= 11 is 11.8. The summed E-state index contributed by atoms with van der Waals surface area (Å²) in [6.07, 6.45) is -2.59. The molecule has 1 fully saturated rings. The van der Waals surface area contributed by atoms with Crippen LogP contribution in [0.1, 0.15) is 12.8 Å². The van der Waals surface area contributed by atoms with Gasteiger partial charge in [-0.15, -0.1) is 0 Å². The number of halogens is 5. The van der Waals surface area contributed by atoms with Crippen molar-refractivity contribution in [2.75, 3.05) is 28.6 Å². The molecule has 0 saturated carbocycles. The Hall–Kier alpha value is -2.19. The predicted octanol–water partition coefficient (Wildman–Crippen LogP) is 5.81. The Morgan fingerprint density at radius 3 is 2.18 bits per heavy atom. The Morgan fingerprint density at radius 2 is 1.64 bits per heavy atom. The molecule has 0 spiro atoms. The molecule has 0 radical (unpaired) electrons. The first-order valence-corrected chi connectivity index (χ1v) is 9.28. The molecule has 0 aliphatic carbocycles. The van der Waals surface area contributed by atoms with Gasteiger partial charge in [0.1, 0.15) is 5.82 Å². The highest BCUT2D eigenvalue weighted by Gasteiger charge is 2.41. The van der Waals surface area contributed by atoms with Crippen LogP contribution in [0, 0.1) is 5.92 Å². The molecule has 1 aromatic heterocycles. The SMILES string of the molecule is O=C(Nc1ccc(N2CCC(C(F)(F)F)CC2)nc1)Nc1cc(Cl)cc(Cl)c1. The zero-order chi connectivity index (χ0) is 20.3. The molecule has 1 saturated heterocycles. The average molecular weight is 433 g/mol. The number of amides is 2. The van der Waals surface area contributed by atoms with Gasteiger partial charge in [0, 0.05) is 28.8 Å². The molecular formula is C18H17Cl2F3N4O. The van der Waals surface area contributed by atoms with E-state index in [1.807, 2.05) is 0 Å². The van der Waals surface area contributed by atoms with E-state index in [1.54, 1.807) is 35.2 Å². The van der Waals surface area contributed by atoms with Crippen molar-refractivity contribution in [3.63, 3.8) is 0 Å². The van der Waals surface area contributed by atoms with Crippen molar-refractivity contribution in [1.82, 2.24) is 4.98 Å². The number of rotatable bonds is 3. The minimum Gasteiger partial charge on any atom is -0.357 e. The molecule has 10 heteroatoms. The van der Waals surface area contributed by atoms with Crippen molar-refractivity contribution < 1.29 is 18.0 Å². The number of alkyl halides is 3. The third kappa shape index (κ3) is 5.42. The lowest BCUT2D eigenvalue weighted by Gasteiger charge is -2.33. The summed E-state index contributed by atoms with van der Waals surface area (Å²) in [6, 6.07) is 7.46. The van der Waals surface area contributed by atoms with E-state index in [0.29, 0.717) is 40.3 Å². The Bertz CT molecular complexity index is 817. The van der Waals surface area contributed by atoms with E-state index in [-0.39, 0.29) is 12.8 Å². The van der Waals surface area contributed by atoms with Crippen LogP contribution in [0.3, 0.4) is 0 Å². The van der Waals surface area contributed by atoms with E-state index in [0.717, 1.165) is 0 Å². The van der Waals surface area contributed by atoms with Gasteiger partial charge in [0.15, 0.2) is 0 Å². The van der Waals surface area contributed by atoms with Crippen LogP contribution in [0.4, 0.5) is 35.2 Å².